The van der Waals surface area contributed by atoms with E-state index < -0.39 is 0 Å². The maximum absolute atomic E-state index is 5.26. The third-order valence-corrected chi connectivity index (χ3v) is 4.29. The summed E-state index contributed by atoms with van der Waals surface area (Å²) >= 11 is 0. The Kier molecular flexibility index (Phi) is 3.99. The molecule has 6 heteroatoms. The number of rotatable bonds is 2. The van der Waals surface area contributed by atoms with Gasteiger partial charge in [-0.05, 0) is 48.5 Å². The van der Waals surface area contributed by atoms with E-state index in [2.05, 4.69) is 19.9 Å². The van der Waals surface area contributed by atoms with Gasteiger partial charge in [0.25, 0.3) is 0 Å². The average molecular weight is 368 g/mol. The molecule has 2 aromatic carbocycles. The molecule has 6 aromatic rings. The lowest BCUT2D eigenvalue weighted by Gasteiger charge is -1.85. The quantitative estimate of drug-likeness (QED) is 0.414. The van der Waals surface area contributed by atoms with Crippen molar-refractivity contribution in [2.45, 2.75) is 0 Å². The molecule has 0 unspecified atom stereocenters. The molecule has 4 heterocycles. The number of imidazole rings is 2. The highest BCUT2D eigenvalue weighted by atomic mass is 16.3. The van der Waals surface area contributed by atoms with Crippen LogP contribution in [-0.4, -0.2) is 19.9 Å². The van der Waals surface area contributed by atoms with E-state index in [0.717, 1.165) is 45.2 Å². The van der Waals surface area contributed by atoms with Crippen molar-refractivity contribution in [3.05, 3.63) is 85.3 Å². The highest BCUT2D eigenvalue weighted by molar-refractivity contribution is 5.79. The fourth-order valence-electron chi connectivity index (χ4n) is 2.97. The van der Waals surface area contributed by atoms with Crippen LogP contribution >= 0.6 is 0 Å². The molecule has 0 amide bonds. The Morgan fingerprint density at radius 2 is 1.00 bits per heavy atom. The first kappa shape index (κ1) is 16.1. The molecular formula is C22H16N4O2. The molecule has 28 heavy (non-hydrogen) atoms. The molecule has 0 aliphatic carbocycles. The summed E-state index contributed by atoms with van der Waals surface area (Å²) in [6, 6.07) is 23.3. The van der Waals surface area contributed by atoms with Gasteiger partial charge in [0.05, 0.1) is 34.6 Å². The van der Waals surface area contributed by atoms with E-state index in [9.17, 15) is 0 Å². The second-order valence-corrected chi connectivity index (χ2v) is 6.16. The number of furan rings is 2. The van der Waals surface area contributed by atoms with E-state index in [0.29, 0.717) is 0 Å². The zero-order valence-corrected chi connectivity index (χ0v) is 14.8. The predicted octanol–water partition coefficient (Wildman–Crippen LogP) is 5.65. The van der Waals surface area contributed by atoms with E-state index in [1.165, 1.54) is 0 Å². The third kappa shape index (κ3) is 3.07. The molecule has 2 N–H and O–H groups in total. The van der Waals surface area contributed by atoms with Crippen molar-refractivity contribution in [2.75, 3.05) is 0 Å². The molecule has 136 valence electrons. The molecule has 0 radical (unpaired) electrons. The minimum absolute atomic E-state index is 0.765. The number of nitrogens with one attached hydrogen (secondary N) is 2. The van der Waals surface area contributed by atoms with Crippen molar-refractivity contribution in [1.82, 2.24) is 19.9 Å². The van der Waals surface area contributed by atoms with Crippen molar-refractivity contribution in [1.29, 1.82) is 0 Å². The Bertz CT molecular complexity index is 1140. The van der Waals surface area contributed by atoms with Crippen LogP contribution in [0.2, 0.25) is 0 Å². The molecule has 0 aliphatic heterocycles. The molecule has 0 saturated carbocycles. The normalized spacial score (nSPS) is 10.9. The van der Waals surface area contributed by atoms with Crippen LogP contribution in [0.4, 0.5) is 0 Å². The number of para-hydroxylation sites is 4. The van der Waals surface area contributed by atoms with Crippen LogP contribution < -0.4 is 0 Å². The lowest BCUT2D eigenvalue weighted by Crippen LogP contribution is -1.73. The number of aromatic nitrogens is 4. The van der Waals surface area contributed by atoms with Crippen LogP contribution in [0.1, 0.15) is 0 Å². The fourth-order valence-corrected chi connectivity index (χ4v) is 2.97. The van der Waals surface area contributed by atoms with Gasteiger partial charge in [-0.2, -0.15) is 0 Å². The smallest absolute Gasteiger partial charge is 0.174 e. The Morgan fingerprint density at radius 1 is 0.536 bits per heavy atom. The van der Waals surface area contributed by atoms with Crippen LogP contribution in [0, 0.1) is 0 Å². The average Bonchev–Trinajstić information content (AvgIpc) is 3.54. The predicted molar refractivity (Wildman–Crippen MR) is 108 cm³/mol. The van der Waals surface area contributed by atoms with Crippen molar-refractivity contribution in [2.24, 2.45) is 0 Å². The largest absolute Gasteiger partial charge is 0.461 e. The fraction of sp³-hybridized carbons (Fsp3) is 0. The lowest BCUT2D eigenvalue weighted by atomic mass is 10.3. The SMILES string of the molecule is c1coc(-c2nc3ccccc3[nH]2)c1.c1coc(-c2nc3ccccc3[nH]2)c1. The molecular weight excluding hydrogens is 352 g/mol. The number of benzene rings is 2. The van der Waals surface area contributed by atoms with E-state index in [4.69, 9.17) is 8.83 Å². The Hall–Kier alpha value is -4.06. The van der Waals surface area contributed by atoms with Crippen LogP contribution in [0.5, 0.6) is 0 Å². The summed E-state index contributed by atoms with van der Waals surface area (Å²) in [4.78, 5) is 15.2. The van der Waals surface area contributed by atoms with Crippen molar-refractivity contribution in [3.63, 3.8) is 0 Å². The van der Waals surface area contributed by atoms with Gasteiger partial charge in [-0.1, -0.05) is 24.3 Å². The third-order valence-electron chi connectivity index (χ3n) is 4.29. The summed E-state index contributed by atoms with van der Waals surface area (Å²) in [7, 11) is 0. The summed E-state index contributed by atoms with van der Waals surface area (Å²) in [5.74, 6) is 3.08. The molecule has 6 rings (SSSR count). The number of aromatic amines is 2. The number of fused-ring (bicyclic) bond motifs is 2. The van der Waals surface area contributed by atoms with Crippen molar-refractivity contribution in [3.8, 4) is 23.2 Å². The van der Waals surface area contributed by atoms with Crippen LogP contribution in [0.25, 0.3) is 45.2 Å². The molecule has 0 fully saturated rings. The zero-order chi connectivity index (χ0) is 18.8. The van der Waals surface area contributed by atoms with E-state index >= 15 is 0 Å². The minimum Gasteiger partial charge on any atom is -0.461 e. The van der Waals surface area contributed by atoms with Gasteiger partial charge in [0.1, 0.15) is 0 Å². The van der Waals surface area contributed by atoms with E-state index in [-0.39, 0.29) is 0 Å². The van der Waals surface area contributed by atoms with E-state index in [1.807, 2.05) is 72.8 Å². The standard InChI is InChI=1S/2C11H8N2O/c2*1-2-5-9-8(4-1)12-11(13-9)10-6-3-7-14-10/h2*1-7H,(H,12,13). The first-order chi connectivity index (χ1) is 13.9. The summed E-state index contributed by atoms with van der Waals surface area (Å²) in [6.07, 6.45) is 3.28. The summed E-state index contributed by atoms with van der Waals surface area (Å²) < 4.78 is 10.5. The first-order valence-electron chi connectivity index (χ1n) is 8.84. The zero-order valence-electron chi connectivity index (χ0n) is 14.8. The Balaban J connectivity index is 0.000000122. The maximum Gasteiger partial charge on any atom is 0.174 e. The highest BCUT2D eigenvalue weighted by Crippen LogP contribution is 2.21. The van der Waals surface area contributed by atoms with Gasteiger partial charge in [0, 0.05) is 0 Å². The Morgan fingerprint density at radius 3 is 1.39 bits per heavy atom. The van der Waals surface area contributed by atoms with Crippen LogP contribution in [0.15, 0.2) is 94.2 Å². The number of H-pyrrole nitrogens is 2. The number of hydrogen-bond acceptors (Lipinski definition) is 4. The second kappa shape index (κ2) is 6.92. The van der Waals surface area contributed by atoms with Crippen LogP contribution in [-0.2, 0) is 0 Å². The molecule has 0 bridgehead atoms. The highest BCUT2D eigenvalue weighted by Gasteiger charge is 2.06. The van der Waals surface area contributed by atoms with Crippen molar-refractivity contribution >= 4 is 22.1 Å². The maximum atomic E-state index is 5.26. The molecule has 0 aliphatic rings. The van der Waals surface area contributed by atoms with Gasteiger partial charge < -0.3 is 18.8 Å². The lowest BCUT2D eigenvalue weighted by molar-refractivity contribution is 0.578. The number of nitrogens with zero attached hydrogens (tertiary/aromatic N) is 2. The van der Waals surface area contributed by atoms with Crippen LogP contribution in [0.3, 0.4) is 0 Å². The molecule has 4 aromatic heterocycles. The van der Waals surface area contributed by atoms with E-state index in [1.54, 1.807) is 12.5 Å². The molecule has 0 spiro atoms. The summed E-state index contributed by atoms with van der Waals surface area (Å²) in [5.41, 5.74) is 3.97. The van der Waals surface area contributed by atoms with Gasteiger partial charge in [-0.3, -0.25) is 0 Å². The topological polar surface area (TPSA) is 83.6 Å². The monoisotopic (exact) mass is 368 g/mol. The number of hydrogen-bond donors (Lipinski definition) is 2. The summed E-state index contributed by atoms with van der Waals surface area (Å²) in [5, 5.41) is 0. The minimum atomic E-state index is 0.765. The molecule has 0 saturated heterocycles. The van der Waals surface area contributed by atoms with Gasteiger partial charge in [-0.25, -0.2) is 9.97 Å². The first-order valence-corrected chi connectivity index (χ1v) is 8.84. The van der Waals surface area contributed by atoms with Crippen molar-refractivity contribution < 1.29 is 8.83 Å². The van der Waals surface area contributed by atoms with Gasteiger partial charge in [0.15, 0.2) is 23.2 Å². The molecule has 0 atom stereocenters. The molecule has 6 nitrogen and oxygen atoms in total. The second-order valence-electron chi connectivity index (χ2n) is 6.16. The van der Waals surface area contributed by atoms with Gasteiger partial charge >= 0.3 is 0 Å². The Labute approximate surface area is 159 Å². The van der Waals surface area contributed by atoms with Gasteiger partial charge in [0.2, 0.25) is 0 Å². The summed E-state index contributed by atoms with van der Waals surface area (Å²) in [6.45, 7) is 0. The van der Waals surface area contributed by atoms with Gasteiger partial charge in [-0.15, -0.1) is 0 Å².